The van der Waals surface area contributed by atoms with E-state index in [1.807, 2.05) is 13.0 Å². The Hall–Kier alpha value is -3.10. The molecule has 1 aromatic rings. The molecular formula is C19H26N4O5. The molecule has 152 valence electrons. The van der Waals surface area contributed by atoms with Crippen LogP contribution in [0.5, 0.6) is 5.75 Å². The van der Waals surface area contributed by atoms with Crippen molar-refractivity contribution in [2.75, 3.05) is 13.7 Å². The summed E-state index contributed by atoms with van der Waals surface area (Å²) in [6.07, 6.45) is 0.907. The van der Waals surface area contributed by atoms with Crippen LogP contribution in [-0.4, -0.2) is 54.0 Å². The summed E-state index contributed by atoms with van der Waals surface area (Å²) < 4.78 is 5.29. The van der Waals surface area contributed by atoms with Crippen molar-refractivity contribution in [2.45, 2.75) is 45.2 Å². The summed E-state index contributed by atoms with van der Waals surface area (Å²) >= 11 is 0. The van der Waals surface area contributed by atoms with Crippen LogP contribution in [0.3, 0.4) is 0 Å². The number of hydrogen-bond acceptors (Lipinski definition) is 5. The third kappa shape index (κ3) is 4.79. The number of rotatable bonds is 7. The Morgan fingerprint density at radius 3 is 2.61 bits per heavy atom. The first-order valence-electron chi connectivity index (χ1n) is 9.06. The van der Waals surface area contributed by atoms with Crippen LogP contribution in [0, 0.1) is 0 Å². The van der Waals surface area contributed by atoms with Gasteiger partial charge in [0.25, 0.3) is 5.91 Å². The van der Waals surface area contributed by atoms with E-state index >= 15 is 0 Å². The lowest BCUT2D eigenvalue weighted by atomic mass is 9.92. The van der Waals surface area contributed by atoms with Crippen LogP contribution in [0.4, 0.5) is 9.59 Å². The quantitative estimate of drug-likeness (QED) is 0.604. The molecule has 1 saturated heterocycles. The van der Waals surface area contributed by atoms with E-state index in [1.165, 1.54) is 7.11 Å². The number of carbonyl (C=O) groups is 4. The molecule has 1 aromatic carbocycles. The second-order valence-corrected chi connectivity index (χ2v) is 6.97. The van der Waals surface area contributed by atoms with Gasteiger partial charge in [-0.25, -0.2) is 9.59 Å². The summed E-state index contributed by atoms with van der Waals surface area (Å²) in [6, 6.07) is 5.74. The maximum atomic E-state index is 12.8. The Bertz CT molecular complexity index is 781. The molecule has 0 radical (unpaired) electrons. The van der Waals surface area contributed by atoms with Gasteiger partial charge in [0, 0.05) is 12.5 Å². The number of urea groups is 2. The van der Waals surface area contributed by atoms with Gasteiger partial charge in [0.2, 0.25) is 5.91 Å². The Morgan fingerprint density at radius 1 is 1.29 bits per heavy atom. The number of imide groups is 2. The first kappa shape index (κ1) is 21.2. The third-order valence-corrected chi connectivity index (χ3v) is 4.63. The van der Waals surface area contributed by atoms with Crippen molar-refractivity contribution in [3.63, 3.8) is 0 Å². The number of nitrogens with one attached hydrogen (secondary N) is 3. The molecule has 6 amide bonds. The van der Waals surface area contributed by atoms with Gasteiger partial charge < -0.3 is 15.4 Å². The van der Waals surface area contributed by atoms with Gasteiger partial charge in [-0.3, -0.25) is 19.8 Å². The lowest BCUT2D eigenvalue weighted by Crippen LogP contribution is -2.49. The minimum Gasteiger partial charge on any atom is -0.496 e. The Morgan fingerprint density at radius 2 is 1.96 bits per heavy atom. The maximum absolute atomic E-state index is 12.8. The predicted octanol–water partition coefficient (Wildman–Crippen LogP) is 1.17. The summed E-state index contributed by atoms with van der Waals surface area (Å²) in [7, 11) is 1.53. The van der Waals surface area contributed by atoms with Crippen LogP contribution in [0.1, 0.15) is 32.8 Å². The van der Waals surface area contributed by atoms with Crippen LogP contribution in [0.2, 0.25) is 0 Å². The molecule has 0 aliphatic carbocycles. The molecule has 0 spiro atoms. The van der Waals surface area contributed by atoms with Crippen molar-refractivity contribution in [3.8, 4) is 5.75 Å². The molecule has 1 aliphatic heterocycles. The van der Waals surface area contributed by atoms with Gasteiger partial charge in [-0.15, -0.1) is 0 Å². The number of amides is 6. The van der Waals surface area contributed by atoms with Crippen molar-refractivity contribution >= 4 is 23.9 Å². The van der Waals surface area contributed by atoms with E-state index in [0.717, 1.165) is 10.5 Å². The number of benzene rings is 1. The van der Waals surface area contributed by atoms with Crippen LogP contribution >= 0.6 is 0 Å². The van der Waals surface area contributed by atoms with Gasteiger partial charge in [0.05, 0.1) is 7.11 Å². The van der Waals surface area contributed by atoms with Gasteiger partial charge in [-0.1, -0.05) is 25.1 Å². The van der Waals surface area contributed by atoms with Crippen LogP contribution in [0.25, 0.3) is 0 Å². The van der Waals surface area contributed by atoms with Crippen molar-refractivity contribution in [1.29, 1.82) is 0 Å². The molecule has 0 unspecified atom stereocenters. The van der Waals surface area contributed by atoms with Gasteiger partial charge in [0.1, 0.15) is 17.8 Å². The number of ether oxygens (including phenoxy) is 1. The average molecular weight is 390 g/mol. The highest BCUT2D eigenvalue weighted by Gasteiger charge is 2.48. The van der Waals surface area contributed by atoms with Gasteiger partial charge in [-0.2, -0.15) is 0 Å². The minimum atomic E-state index is -1.22. The first-order valence-corrected chi connectivity index (χ1v) is 9.06. The van der Waals surface area contributed by atoms with E-state index in [2.05, 4.69) is 16.0 Å². The van der Waals surface area contributed by atoms with Crippen molar-refractivity contribution in [1.82, 2.24) is 20.9 Å². The molecule has 1 aliphatic rings. The second kappa shape index (κ2) is 8.73. The molecule has 2 rings (SSSR count). The fraction of sp³-hybridized carbons (Fsp3) is 0.474. The highest BCUT2D eigenvalue weighted by molar-refractivity contribution is 6.09. The molecule has 28 heavy (non-hydrogen) atoms. The number of para-hydroxylation sites is 1. The van der Waals surface area contributed by atoms with Gasteiger partial charge >= 0.3 is 12.1 Å². The zero-order valence-corrected chi connectivity index (χ0v) is 16.5. The van der Waals surface area contributed by atoms with Gasteiger partial charge in [0.15, 0.2) is 0 Å². The third-order valence-electron chi connectivity index (χ3n) is 4.63. The smallest absolute Gasteiger partial charge is 0.325 e. The highest BCUT2D eigenvalue weighted by atomic mass is 16.5. The Balaban J connectivity index is 2.04. The Kier molecular flexibility index (Phi) is 6.61. The van der Waals surface area contributed by atoms with Crippen molar-refractivity contribution in [3.05, 3.63) is 29.8 Å². The molecule has 1 fully saturated rings. The SMILES string of the molecule is CC[C@H](C)NC(=O)NC(=O)CN1C(=O)N[C@@](C)(Cc2ccccc2OC)C1=O. The molecule has 2 atom stereocenters. The molecule has 9 nitrogen and oxygen atoms in total. The zero-order valence-electron chi connectivity index (χ0n) is 16.5. The van der Waals surface area contributed by atoms with E-state index in [4.69, 9.17) is 4.74 Å². The summed E-state index contributed by atoms with van der Waals surface area (Å²) in [5, 5.41) is 7.34. The Labute approximate surface area is 163 Å². The van der Waals surface area contributed by atoms with E-state index in [1.54, 1.807) is 32.0 Å². The predicted molar refractivity (Wildman–Crippen MR) is 102 cm³/mol. The number of methoxy groups -OCH3 is 1. The van der Waals surface area contributed by atoms with E-state index < -0.39 is 36.0 Å². The number of hydrogen-bond donors (Lipinski definition) is 3. The summed E-state index contributed by atoms with van der Waals surface area (Å²) in [6.45, 7) is 4.74. The summed E-state index contributed by atoms with van der Waals surface area (Å²) in [5.41, 5.74) is -0.467. The van der Waals surface area contributed by atoms with Crippen LogP contribution < -0.4 is 20.7 Å². The van der Waals surface area contributed by atoms with E-state index in [9.17, 15) is 19.2 Å². The van der Waals surface area contributed by atoms with Crippen molar-refractivity contribution in [2.24, 2.45) is 0 Å². The standard InChI is InChI=1S/C19H26N4O5/c1-5-12(2)20-17(26)21-15(24)11-23-16(25)19(3,22-18(23)27)10-13-8-6-7-9-14(13)28-4/h6-9,12H,5,10-11H2,1-4H3,(H,22,27)(H2,20,21,24,26)/t12-,19-/m0/s1. The van der Waals surface area contributed by atoms with Crippen LogP contribution in [0.15, 0.2) is 24.3 Å². The fourth-order valence-electron chi connectivity index (χ4n) is 2.91. The molecule has 0 aromatic heterocycles. The molecule has 9 heteroatoms. The molecule has 1 heterocycles. The average Bonchev–Trinajstić information content (AvgIpc) is 2.84. The number of nitrogens with zero attached hydrogens (tertiary/aromatic N) is 1. The number of carbonyl (C=O) groups excluding carboxylic acids is 4. The molecular weight excluding hydrogens is 364 g/mol. The lowest BCUT2D eigenvalue weighted by Gasteiger charge is -2.22. The minimum absolute atomic E-state index is 0.103. The van der Waals surface area contributed by atoms with Gasteiger partial charge in [-0.05, 0) is 31.9 Å². The molecule has 3 N–H and O–H groups in total. The molecule has 0 bridgehead atoms. The summed E-state index contributed by atoms with van der Waals surface area (Å²) in [5.74, 6) is -0.685. The van der Waals surface area contributed by atoms with E-state index in [0.29, 0.717) is 12.2 Å². The van der Waals surface area contributed by atoms with Crippen LogP contribution in [-0.2, 0) is 16.0 Å². The lowest BCUT2D eigenvalue weighted by molar-refractivity contribution is -0.134. The maximum Gasteiger partial charge on any atom is 0.325 e. The molecule has 0 saturated carbocycles. The van der Waals surface area contributed by atoms with E-state index in [-0.39, 0.29) is 12.5 Å². The topological polar surface area (TPSA) is 117 Å². The highest BCUT2D eigenvalue weighted by Crippen LogP contribution is 2.27. The van der Waals surface area contributed by atoms with Crippen molar-refractivity contribution < 1.29 is 23.9 Å². The summed E-state index contributed by atoms with van der Waals surface area (Å²) in [4.78, 5) is 49.7. The zero-order chi connectivity index (χ0) is 20.9. The largest absolute Gasteiger partial charge is 0.496 e. The normalized spacial score (nSPS) is 19.8. The fourth-order valence-corrected chi connectivity index (χ4v) is 2.91. The monoisotopic (exact) mass is 390 g/mol. The second-order valence-electron chi connectivity index (χ2n) is 6.97. The first-order chi connectivity index (χ1) is 13.2.